The highest BCUT2D eigenvalue weighted by Crippen LogP contribution is 2.52. The van der Waals surface area contributed by atoms with Crippen molar-refractivity contribution in [1.29, 1.82) is 0 Å². The molecule has 0 saturated heterocycles. The topological polar surface area (TPSA) is 29.1 Å². The molecule has 2 rings (SSSR count). The maximum Gasteiger partial charge on any atom is 0.171 e. The summed E-state index contributed by atoms with van der Waals surface area (Å²) in [5.74, 6) is 0. The lowest BCUT2D eigenvalue weighted by Crippen LogP contribution is -1.85. The highest BCUT2D eigenvalue weighted by Gasteiger charge is 2.24. The molecule has 0 amide bonds. The zero-order valence-corrected chi connectivity index (χ0v) is 7.27. The lowest BCUT2D eigenvalue weighted by atomic mass is 10.2. The minimum atomic E-state index is -2.08. The van der Waals surface area contributed by atoms with Crippen molar-refractivity contribution in [3.8, 4) is 0 Å². The average molecular weight is 167 g/mol. The van der Waals surface area contributed by atoms with Crippen molar-refractivity contribution in [2.24, 2.45) is 0 Å². The highest BCUT2D eigenvalue weighted by atomic mass is 31.2. The van der Waals surface area contributed by atoms with Gasteiger partial charge in [0.05, 0.1) is 0 Å². The van der Waals surface area contributed by atoms with Crippen LogP contribution in [0, 0.1) is 0 Å². The van der Waals surface area contributed by atoms with E-state index in [2.05, 4.69) is 5.09 Å². The van der Waals surface area contributed by atoms with Crippen LogP contribution in [0.5, 0.6) is 0 Å². The van der Waals surface area contributed by atoms with E-state index in [0.29, 0.717) is 6.16 Å². The minimum Gasteiger partial charge on any atom is -0.336 e. The monoisotopic (exact) mass is 167 g/mol. The molecule has 0 fully saturated rings. The molecule has 1 heterocycles. The molecular formula is C8H10NOP. The number of hydrogen-bond acceptors (Lipinski definition) is 1. The Balaban J connectivity index is 2.49. The van der Waals surface area contributed by atoms with Crippen molar-refractivity contribution < 1.29 is 4.57 Å². The van der Waals surface area contributed by atoms with Crippen LogP contribution >= 0.6 is 7.29 Å². The third-order valence-corrected chi connectivity index (χ3v) is 3.50. The summed E-state index contributed by atoms with van der Waals surface area (Å²) in [7, 11) is -2.08. The van der Waals surface area contributed by atoms with Gasteiger partial charge >= 0.3 is 0 Å². The van der Waals surface area contributed by atoms with E-state index in [-0.39, 0.29) is 0 Å². The predicted molar refractivity (Wildman–Crippen MR) is 47.3 cm³/mol. The molecule has 0 saturated carbocycles. The zero-order chi connectivity index (χ0) is 7.90. The molecule has 1 aliphatic heterocycles. The molecule has 1 atom stereocenters. The molecule has 2 nitrogen and oxygen atoms in total. The van der Waals surface area contributed by atoms with Crippen LogP contribution in [0.4, 0.5) is 5.69 Å². The molecular weight excluding hydrogens is 157 g/mol. The van der Waals surface area contributed by atoms with E-state index in [1.54, 1.807) is 6.66 Å². The minimum absolute atomic E-state index is 0.698. The maximum absolute atomic E-state index is 11.6. The molecule has 0 aromatic heterocycles. The van der Waals surface area contributed by atoms with Gasteiger partial charge in [-0.15, -0.1) is 0 Å². The molecule has 1 aromatic rings. The van der Waals surface area contributed by atoms with Crippen molar-refractivity contribution in [1.82, 2.24) is 0 Å². The van der Waals surface area contributed by atoms with E-state index in [4.69, 9.17) is 0 Å². The Kier molecular flexibility index (Phi) is 1.33. The number of rotatable bonds is 0. The Morgan fingerprint density at radius 3 is 2.91 bits per heavy atom. The van der Waals surface area contributed by atoms with Gasteiger partial charge in [0.25, 0.3) is 0 Å². The van der Waals surface area contributed by atoms with Crippen molar-refractivity contribution in [3.05, 3.63) is 29.8 Å². The summed E-state index contributed by atoms with van der Waals surface area (Å²) in [4.78, 5) is 0. The van der Waals surface area contributed by atoms with Crippen LogP contribution < -0.4 is 5.09 Å². The van der Waals surface area contributed by atoms with E-state index in [1.807, 2.05) is 24.3 Å². The Hall–Kier alpha value is -0.750. The van der Waals surface area contributed by atoms with Gasteiger partial charge in [-0.2, -0.15) is 0 Å². The summed E-state index contributed by atoms with van der Waals surface area (Å²) in [6.07, 6.45) is 0.698. The summed E-state index contributed by atoms with van der Waals surface area (Å²) in [6.45, 7) is 1.78. The van der Waals surface area contributed by atoms with Crippen LogP contribution in [-0.2, 0) is 10.7 Å². The smallest absolute Gasteiger partial charge is 0.171 e. The van der Waals surface area contributed by atoms with Gasteiger partial charge < -0.3 is 9.65 Å². The van der Waals surface area contributed by atoms with Crippen LogP contribution in [-0.4, -0.2) is 6.66 Å². The quantitative estimate of drug-likeness (QED) is 0.601. The molecule has 1 aromatic carbocycles. The first-order valence-corrected chi connectivity index (χ1v) is 5.94. The largest absolute Gasteiger partial charge is 0.336 e. The van der Waals surface area contributed by atoms with E-state index in [9.17, 15) is 4.57 Å². The van der Waals surface area contributed by atoms with Crippen LogP contribution in [0.1, 0.15) is 5.56 Å². The first-order chi connectivity index (χ1) is 5.17. The second-order valence-electron chi connectivity index (χ2n) is 3.03. The number of anilines is 1. The van der Waals surface area contributed by atoms with Gasteiger partial charge in [0.1, 0.15) is 0 Å². The van der Waals surface area contributed by atoms with Gasteiger partial charge in [-0.05, 0) is 11.6 Å². The zero-order valence-electron chi connectivity index (χ0n) is 6.37. The van der Waals surface area contributed by atoms with E-state index >= 15 is 0 Å². The summed E-state index contributed by atoms with van der Waals surface area (Å²) < 4.78 is 11.6. The second kappa shape index (κ2) is 2.12. The van der Waals surface area contributed by atoms with Crippen LogP contribution in [0.25, 0.3) is 0 Å². The van der Waals surface area contributed by atoms with Crippen molar-refractivity contribution in [2.45, 2.75) is 6.16 Å². The number of hydrogen-bond donors (Lipinski definition) is 1. The molecule has 0 spiro atoms. The molecule has 11 heavy (non-hydrogen) atoms. The number of para-hydroxylation sites is 1. The lowest BCUT2D eigenvalue weighted by Gasteiger charge is -2.02. The standard InChI is InChI=1S/C8H10NOP/c1-11(10)6-7-4-2-3-5-8(7)9-11/h2-5H,6H2,1H3,(H,9,10). The third kappa shape index (κ3) is 1.19. The lowest BCUT2D eigenvalue weighted by molar-refractivity contribution is 0.583. The first kappa shape index (κ1) is 6.93. The van der Waals surface area contributed by atoms with Crippen LogP contribution in [0.2, 0.25) is 0 Å². The third-order valence-electron chi connectivity index (χ3n) is 1.85. The van der Waals surface area contributed by atoms with E-state index in [1.165, 1.54) is 5.56 Å². The predicted octanol–water partition coefficient (Wildman–Crippen LogP) is 2.52. The SMILES string of the molecule is CP1(=O)Cc2ccccc2N1. The number of fused-ring (bicyclic) bond motifs is 1. The molecule has 1 unspecified atom stereocenters. The summed E-state index contributed by atoms with van der Waals surface area (Å²) in [5.41, 5.74) is 2.22. The van der Waals surface area contributed by atoms with Gasteiger partial charge in [0.15, 0.2) is 7.29 Å². The maximum atomic E-state index is 11.6. The normalized spacial score (nSPS) is 27.7. The van der Waals surface area contributed by atoms with Gasteiger partial charge in [0, 0.05) is 18.5 Å². The van der Waals surface area contributed by atoms with E-state index in [0.717, 1.165) is 5.69 Å². The van der Waals surface area contributed by atoms with Crippen LogP contribution in [0.15, 0.2) is 24.3 Å². The summed E-state index contributed by atoms with van der Waals surface area (Å²) in [6, 6.07) is 7.92. The van der Waals surface area contributed by atoms with Gasteiger partial charge in [0.2, 0.25) is 0 Å². The van der Waals surface area contributed by atoms with Crippen LogP contribution in [0.3, 0.4) is 0 Å². The Bertz CT molecular complexity index is 306. The fraction of sp³-hybridized carbons (Fsp3) is 0.250. The Morgan fingerprint density at radius 1 is 1.45 bits per heavy atom. The molecule has 1 N–H and O–H groups in total. The van der Waals surface area contributed by atoms with Gasteiger partial charge in [-0.1, -0.05) is 18.2 Å². The van der Waals surface area contributed by atoms with Crippen molar-refractivity contribution in [2.75, 3.05) is 11.8 Å². The summed E-state index contributed by atoms with van der Waals surface area (Å²) >= 11 is 0. The molecule has 58 valence electrons. The fourth-order valence-corrected chi connectivity index (χ4v) is 3.12. The Morgan fingerprint density at radius 2 is 2.18 bits per heavy atom. The Labute approximate surface area is 66.1 Å². The van der Waals surface area contributed by atoms with E-state index < -0.39 is 7.29 Å². The molecule has 3 heteroatoms. The molecule has 0 aliphatic carbocycles. The summed E-state index contributed by atoms with van der Waals surface area (Å²) in [5, 5.41) is 3.03. The molecule has 0 bridgehead atoms. The average Bonchev–Trinajstić information content (AvgIpc) is 2.21. The highest BCUT2D eigenvalue weighted by molar-refractivity contribution is 7.64. The van der Waals surface area contributed by atoms with Gasteiger partial charge in [-0.25, -0.2) is 0 Å². The molecule has 0 radical (unpaired) electrons. The van der Waals surface area contributed by atoms with Crippen molar-refractivity contribution >= 4 is 13.0 Å². The second-order valence-corrected chi connectivity index (χ2v) is 5.77. The van der Waals surface area contributed by atoms with Crippen molar-refractivity contribution in [3.63, 3.8) is 0 Å². The number of nitrogens with one attached hydrogen (secondary N) is 1. The number of benzene rings is 1. The molecule has 1 aliphatic rings. The fourth-order valence-electron chi connectivity index (χ4n) is 1.39. The van der Waals surface area contributed by atoms with Gasteiger partial charge in [-0.3, -0.25) is 0 Å². The first-order valence-electron chi connectivity index (χ1n) is 3.60.